The van der Waals surface area contributed by atoms with Crippen molar-refractivity contribution < 1.29 is 13.9 Å². The highest BCUT2D eigenvalue weighted by molar-refractivity contribution is 6.18. The maximum atomic E-state index is 13.8. The van der Waals surface area contributed by atoms with Crippen LogP contribution in [0.4, 0.5) is 10.1 Å². The summed E-state index contributed by atoms with van der Waals surface area (Å²) in [4.78, 5) is 13.2. The molecule has 0 aromatic heterocycles. The highest BCUT2D eigenvalue weighted by Crippen LogP contribution is 2.35. The molecule has 1 aromatic rings. The van der Waals surface area contributed by atoms with Crippen LogP contribution in [0, 0.1) is 11.7 Å². The van der Waals surface area contributed by atoms with Gasteiger partial charge in [0.15, 0.2) is 5.82 Å². The van der Waals surface area contributed by atoms with Crippen LogP contribution < -0.4 is 9.64 Å². The van der Waals surface area contributed by atoms with Crippen LogP contribution in [0.3, 0.4) is 0 Å². The van der Waals surface area contributed by atoms with Crippen LogP contribution >= 0.6 is 11.6 Å². The second-order valence-corrected chi connectivity index (χ2v) is 4.33. The number of carbonyl (C=O) groups excluding carboxylic acids is 1. The highest BCUT2D eigenvalue weighted by atomic mass is 35.5. The van der Waals surface area contributed by atoms with Crippen molar-refractivity contribution in [2.24, 2.45) is 5.92 Å². The fourth-order valence-corrected chi connectivity index (χ4v) is 2.23. The van der Waals surface area contributed by atoms with Gasteiger partial charge in [0.05, 0.1) is 7.11 Å². The Morgan fingerprint density at radius 1 is 1.59 bits per heavy atom. The summed E-state index contributed by atoms with van der Waals surface area (Å²) in [6.07, 6.45) is 0.362. The van der Waals surface area contributed by atoms with Crippen LogP contribution in [0.2, 0.25) is 0 Å². The van der Waals surface area contributed by atoms with Crippen LogP contribution in [-0.2, 0) is 4.79 Å². The lowest BCUT2D eigenvalue weighted by Gasteiger charge is -2.19. The third kappa shape index (κ3) is 2.22. The summed E-state index contributed by atoms with van der Waals surface area (Å²) in [6.45, 7) is 0.444. The summed E-state index contributed by atoms with van der Waals surface area (Å²) in [6, 6.07) is 4.51. The Labute approximate surface area is 104 Å². The molecule has 1 aliphatic heterocycles. The predicted octanol–water partition coefficient (Wildman–Crippen LogP) is 2.43. The average molecular weight is 258 g/mol. The first-order valence-corrected chi connectivity index (χ1v) is 5.89. The van der Waals surface area contributed by atoms with Gasteiger partial charge in [0, 0.05) is 18.8 Å². The Morgan fingerprint density at radius 2 is 2.35 bits per heavy atom. The van der Waals surface area contributed by atoms with E-state index >= 15 is 0 Å². The Bertz CT molecular complexity index is 439. The molecule has 0 aliphatic carbocycles. The number of amides is 1. The van der Waals surface area contributed by atoms with Crippen molar-refractivity contribution in [3.8, 4) is 5.75 Å². The minimum Gasteiger partial charge on any atom is -0.494 e. The lowest BCUT2D eigenvalue weighted by molar-refractivity contribution is -0.117. The zero-order valence-electron chi connectivity index (χ0n) is 9.45. The molecule has 1 unspecified atom stereocenters. The van der Waals surface area contributed by atoms with Crippen LogP contribution in [-0.4, -0.2) is 25.4 Å². The van der Waals surface area contributed by atoms with Crippen molar-refractivity contribution >= 4 is 23.2 Å². The normalized spacial score (nSPS) is 19.8. The van der Waals surface area contributed by atoms with E-state index in [0.29, 0.717) is 24.6 Å². The fourth-order valence-electron chi connectivity index (χ4n) is 2.02. The Morgan fingerprint density at radius 3 is 2.94 bits per heavy atom. The van der Waals surface area contributed by atoms with Crippen molar-refractivity contribution in [3.63, 3.8) is 0 Å². The summed E-state index contributed by atoms with van der Waals surface area (Å²) in [5, 5.41) is 0. The first kappa shape index (κ1) is 12.2. The van der Waals surface area contributed by atoms with E-state index in [-0.39, 0.29) is 17.5 Å². The molecule has 2 rings (SSSR count). The molecule has 92 valence electrons. The molecule has 0 spiro atoms. The molecule has 0 saturated carbocycles. The number of ether oxygens (including phenoxy) is 1. The topological polar surface area (TPSA) is 29.5 Å². The molecule has 1 aromatic carbocycles. The van der Waals surface area contributed by atoms with Crippen molar-refractivity contribution in [1.29, 1.82) is 0 Å². The SMILES string of the molecule is COc1cccc(F)c1N1CC(CCl)CC1=O. The molecule has 1 saturated heterocycles. The van der Waals surface area contributed by atoms with E-state index < -0.39 is 5.82 Å². The van der Waals surface area contributed by atoms with Gasteiger partial charge in [-0.15, -0.1) is 11.6 Å². The quantitative estimate of drug-likeness (QED) is 0.779. The first-order chi connectivity index (χ1) is 8.17. The number of halogens is 2. The number of hydrogen-bond donors (Lipinski definition) is 0. The number of alkyl halides is 1. The number of hydrogen-bond acceptors (Lipinski definition) is 2. The van der Waals surface area contributed by atoms with Crippen molar-refractivity contribution in [1.82, 2.24) is 0 Å². The van der Waals surface area contributed by atoms with Gasteiger partial charge in [-0.25, -0.2) is 4.39 Å². The predicted molar refractivity (Wildman–Crippen MR) is 64.1 cm³/mol. The van der Waals surface area contributed by atoms with E-state index in [9.17, 15) is 9.18 Å². The number of benzene rings is 1. The first-order valence-electron chi connectivity index (χ1n) is 5.36. The van der Waals surface area contributed by atoms with Gasteiger partial charge < -0.3 is 9.64 Å². The molecule has 0 radical (unpaired) electrons. The van der Waals surface area contributed by atoms with Gasteiger partial charge in [-0.05, 0) is 18.1 Å². The standard InChI is InChI=1S/C12H13ClFNO2/c1-17-10-4-2-3-9(14)12(10)15-7-8(6-13)5-11(15)16/h2-4,8H,5-7H2,1H3. The van der Waals surface area contributed by atoms with E-state index in [1.54, 1.807) is 12.1 Å². The Balaban J connectivity index is 2.37. The molecule has 1 atom stereocenters. The van der Waals surface area contributed by atoms with Crippen LogP contribution in [0.5, 0.6) is 5.75 Å². The summed E-state index contributed by atoms with van der Waals surface area (Å²) in [7, 11) is 1.46. The smallest absolute Gasteiger partial charge is 0.227 e. The lowest BCUT2D eigenvalue weighted by atomic mass is 10.1. The highest BCUT2D eigenvalue weighted by Gasteiger charge is 2.33. The van der Waals surface area contributed by atoms with Gasteiger partial charge in [0.1, 0.15) is 11.4 Å². The largest absolute Gasteiger partial charge is 0.494 e. The summed E-state index contributed by atoms with van der Waals surface area (Å²) in [5.41, 5.74) is 0.215. The molecule has 17 heavy (non-hydrogen) atoms. The van der Waals surface area contributed by atoms with E-state index in [4.69, 9.17) is 16.3 Å². The molecule has 3 nitrogen and oxygen atoms in total. The van der Waals surface area contributed by atoms with Gasteiger partial charge in [-0.1, -0.05) is 6.07 Å². The van der Waals surface area contributed by atoms with E-state index in [1.165, 1.54) is 18.1 Å². The molecular weight excluding hydrogens is 245 g/mol. The molecule has 5 heteroatoms. The fraction of sp³-hybridized carbons (Fsp3) is 0.417. The van der Waals surface area contributed by atoms with Gasteiger partial charge in [0.25, 0.3) is 0 Å². The van der Waals surface area contributed by atoms with E-state index in [2.05, 4.69) is 0 Å². The number of rotatable bonds is 3. The van der Waals surface area contributed by atoms with Gasteiger partial charge in [-0.2, -0.15) is 0 Å². The van der Waals surface area contributed by atoms with E-state index in [1.807, 2.05) is 0 Å². The van der Waals surface area contributed by atoms with Crippen molar-refractivity contribution in [3.05, 3.63) is 24.0 Å². The molecule has 1 amide bonds. The van der Waals surface area contributed by atoms with Crippen molar-refractivity contribution in [2.45, 2.75) is 6.42 Å². The van der Waals surface area contributed by atoms with Crippen molar-refractivity contribution in [2.75, 3.05) is 24.4 Å². The minimum absolute atomic E-state index is 0.0773. The third-order valence-electron chi connectivity index (χ3n) is 2.86. The third-order valence-corrected chi connectivity index (χ3v) is 3.30. The zero-order chi connectivity index (χ0) is 12.4. The zero-order valence-corrected chi connectivity index (χ0v) is 10.2. The van der Waals surface area contributed by atoms with E-state index in [0.717, 1.165) is 0 Å². The molecular formula is C12H13ClFNO2. The van der Waals surface area contributed by atoms with Crippen LogP contribution in [0.15, 0.2) is 18.2 Å². The number of methoxy groups -OCH3 is 1. The number of carbonyl (C=O) groups is 1. The molecule has 1 heterocycles. The molecule has 0 bridgehead atoms. The minimum atomic E-state index is -0.451. The summed E-state index contributed by atoms with van der Waals surface area (Å²) >= 11 is 5.74. The molecule has 0 N–H and O–H groups in total. The average Bonchev–Trinajstić information content (AvgIpc) is 2.70. The summed E-state index contributed by atoms with van der Waals surface area (Å²) < 4.78 is 18.9. The Hall–Kier alpha value is -1.29. The maximum absolute atomic E-state index is 13.8. The second-order valence-electron chi connectivity index (χ2n) is 4.02. The van der Waals surface area contributed by atoms with Gasteiger partial charge in [-0.3, -0.25) is 4.79 Å². The van der Waals surface area contributed by atoms with Crippen LogP contribution in [0.25, 0.3) is 0 Å². The number of para-hydroxylation sites is 1. The maximum Gasteiger partial charge on any atom is 0.227 e. The monoisotopic (exact) mass is 257 g/mol. The Kier molecular flexibility index (Phi) is 3.52. The second kappa shape index (κ2) is 4.92. The molecule has 1 fully saturated rings. The van der Waals surface area contributed by atoms with Crippen LogP contribution in [0.1, 0.15) is 6.42 Å². The van der Waals surface area contributed by atoms with Gasteiger partial charge in [0.2, 0.25) is 5.91 Å². The van der Waals surface area contributed by atoms with Gasteiger partial charge >= 0.3 is 0 Å². The number of anilines is 1. The lowest BCUT2D eigenvalue weighted by Crippen LogP contribution is -2.26. The molecule has 1 aliphatic rings. The summed E-state index contributed by atoms with van der Waals surface area (Å²) in [5.74, 6) is 0.285. The number of nitrogens with zero attached hydrogens (tertiary/aromatic N) is 1.